The van der Waals surface area contributed by atoms with Crippen molar-refractivity contribution in [2.24, 2.45) is 5.92 Å². The smallest absolute Gasteiger partial charge is 0.326 e. The van der Waals surface area contributed by atoms with Gasteiger partial charge >= 0.3 is 12.0 Å². The van der Waals surface area contributed by atoms with Crippen molar-refractivity contribution >= 4 is 17.9 Å². The predicted octanol–water partition coefficient (Wildman–Crippen LogP) is 0.263. The second kappa shape index (κ2) is 8.34. The minimum Gasteiger partial charge on any atom is -0.480 e. The molecule has 0 saturated heterocycles. The van der Waals surface area contributed by atoms with E-state index in [-0.39, 0.29) is 18.4 Å². The van der Waals surface area contributed by atoms with Gasteiger partial charge in [0, 0.05) is 13.6 Å². The Morgan fingerprint density at radius 2 is 1.84 bits per heavy atom. The third-order valence-corrected chi connectivity index (χ3v) is 2.40. The molecule has 0 aromatic heterocycles. The van der Waals surface area contributed by atoms with Gasteiger partial charge in [-0.05, 0) is 19.3 Å². The first-order valence-corrected chi connectivity index (χ1v) is 6.29. The lowest BCUT2D eigenvalue weighted by Gasteiger charge is -2.21. The Hall–Kier alpha value is -1.79. The maximum atomic E-state index is 11.8. The maximum Gasteiger partial charge on any atom is 0.326 e. The molecule has 0 rings (SSSR count). The van der Waals surface area contributed by atoms with Gasteiger partial charge in [-0.1, -0.05) is 13.8 Å². The van der Waals surface area contributed by atoms with Gasteiger partial charge in [0.25, 0.3) is 0 Å². The van der Waals surface area contributed by atoms with Crippen LogP contribution in [-0.4, -0.2) is 54.1 Å². The summed E-state index contributed by atoms with van der Waals surface area (Å²) >= 11 is 0. The molecule has 0 aromatic rings. The first-order chi connectivity index (χ1) is 8.77. The number of hydrogen-bond acceptors (Lipinski definition) is 3. The van der Waals surface area contributed by atoms with E-state index in [1.54, 1.807) is 6.92 Å². The third kappa shape index (κ3) is 7.28. The van der Waals surface area contributed by atoms with Crippen LogP contribution in [0.25, 0.3) is 0 Å². The topological polar surface area (TPSA) is 98.7 Å². The van der Waals surface area contributed by atoms with E-state index in [1.807, 2.05) is 13.8 Å². The summed E-state index contributed by atoms with van der Waals surface area (Å²) in [6, 6.07) is -1.51. The van der Waals surface area contributed by atoms with Crippen LogP contribution in [-0.2, 0) is 9.59 Å². The van der Waals surface area contributed by atoms with Crippen LogP contribution in [0.2, 0.25) is 0 Å². The van der Waals surface area contributed by atoms with Gasteiger partial charge in [-0.2, -0.15) is 0 Å². The molecule has 0 aliphatic heterocycles. The van der Waals surface area contributed by atoms with Gasteiger partial charge in [0.15, 0.2) is 0 Å². The summed E-state index contributed by atoms with van der Waals surface area (Å²) in [7, 11) is 1.44. The zero-order valence-corrected chi connectivity index (χ0v) is 11.9. The molecule has 0 heterocycles. The number of rotatable bonds is 7. The van der Waals surface area contributed by atoms with Crippen molar-refractivity contribution in [3.63, 3.8) is 0 Å². The molecule has 0 bridgehead atoms. The summed E-state index contributed by atoms with van der Waals surface area (Å²) in [5, 5.41) is 14.0. The molecule has 0 aliphatic rings. The Labute approximate surface area is 113 Å². The maximum absolute atomic E-state index is 11.8. The number of carbonyl (C=O) groups is 3. The molecule has 0 saturated carbocycles. The number of amides is 3. The zero-order chi connectivity index (χ0) is 15.0. The molecular formula is C12H23N3O4. The van der Waals surface area contributed by atoms with Crippen LogP contribution in [0.5, 0.6) is 0 Å². The lowest BCUT2D eigenvalue weighted by atomic mass is 10.0. The molecule has 3 amide bonds. The minimum absolute atomic E-state index is 0.103. The van der Waals surface area contributed by atoms with Crippen LogP contribution in [0.3, 0.4) is 0 Å². The van der Waals surface area contributed by atoms with E-state index in [9.17, 15) is 14.4 Å². The van der Waals surface area contributed by atoms with E-state index in [1.165, 1.54) is 7.05 Å². The number of nitrogens with one attached hydrogen (secondary N) is 2. The third-order valence-electron chi connectivity index (χ3n) is 2.40. The molecule has 0 spiro atoms. The fourth-order valence-electron chi connectivity index (χ4n) is 1.49. The Bertz CT molecular complexity index is 331. The minimum atomic E-state index is -1.08. The lowest BCUT2D eigenvalue weighted by molar-refractivity contribution is -0.139. The van der Waals surface area contributed by atoms with Crippen LogP contribution >= 0.6 is 0 Å². The SMILES string of the molecule is CCNC(=O)CN(C)C(=O)NC(CC(C)C)C(=O)O. The van der Waals surface area contributed by atoms with Gasteiger partial charge in [0.05, 0.1) is 0 Å². The molecule has 0 aromatic carbocycles. The number of aliphatic carboxylic acids is 1. The van der Waals surface area contributed by atoms with Crippen LogP contribution < -0.4 is 10.6 Å². The molecule has 1 atom stereocenters. The average molecular weight is 273 g/mol. The predicted molar refractivity (Wildman–Crippen MR) is 70.7 cm³/mol. The van der Waals surface area contributed by atoms with E-state index < -0.39 is 18.0 Å². The largest absolute Gasteiger partial charge is 0.480 e. The van der Waals surface area contributed by atoms with E-state index in [0.717, 1.165) is 4.90 Å². The summed E-state index contributed by atoms with van der Waals surface area (Å²) in [5.74, 6) is -1.21. The van der Waals surface area contributed by atoms with Crippen molar-refractivity contribution < 1.29 is 19.5 Å². The fraction of sp³-hybridized carbons (Fsp3) is 0.750. The number of nitrogens with zero attached hydrogens (tertiary/aromatic N) is 1. The molecule has 1 unspecified atom stereocenters. The van der Waals surface area contributed by atoms with E-state index in [0.29, 0.717) is 13.0 Å². The van der Waals surface area contributed by atoms with Gasteiger partial charge < -0.3 is 20.6 Å². The number of likely N-dealkylation sites (N-methyl/N-ethyl adjacent to an activating group) is 2. The number of carboxylic acids is 1. The van der Waals surface area contributed by atoms with Crippen LogP contribution in [0.15, 0.2) is 0 Å². The number of urea groups is 1. The molecular weight excluding hydrogens is 250 g/mol. The van der Waals surface area contributed by atoms with E-state index in [4.69, 9.17) is 5.11 Å². The highest BCUT2D eigenvalue weighted by atomic mass is 16.4. The Morgan fingerprint density at radius 1 is 1.26 bits per heavy atom. The summed E-state index contributed by atoms with van der Waals surface area (Å²) in [6.45, 7) is 5.91. The first-order valence-electron chi connectivity index (χ1n) is 6.29. The lowest BCUT2D eigenvalue weighted by Crippen LogP contribution is -2.49. The van der Waals surface area contributed by atoms with Gasteiger partial charge in [0.1, 0.15) is 12.6 Å². The Balaban J connectivity index is 4.39. The number of carbonyl (C=O) groups excluding carboxylic acids is 2. The second-order valence-corrected chi connectivity index (χ2v) is 4.78. The van der Waals surface area contributed by atoms with Gasteiger partial charge in [-0.15, -0.1) is 0 Å². The van der Waals surface area contributed by atoms with Crippen LogP contribution in [0.1, 0.15) is 27.2 Å². The van der Waals surface area contributed by atoms with Crippen molar-refractivity contribution in [2.45, 2.75) is 33.2 Å². The number of carboxylic acid groups (broad SMARTS) is 1. The molecule has 19 heavy (non-hydrogen) atoms. The average Bonchev–Trinajstić information content (AvgIpc) is 2.27. The highest BCUT2D eigenvalue weighted by Gasteiger charge is 2.23. The Morgan fingerprint density at radius 3 is 2.26 bits per heavy atom. The van der Waals surface area contributed by atoms with E-state index >= 15 is 0 Å². The van der Waals surface area contributed by atoms with Gasteiger partial charge in [-0.3, -0.25) is 4.79 Å². The molecule has 7 heteroatoms. The highest BCUT2D eigenvalue weighted by molar-refractivity contribution is 5.86. The second-order valence-electron chi connectivity index (χ2n) is 4.78. The molecule has 0 aliphatic carbocycles. The first kappa shape index (κ1) is 17.2. The molecule has 110 valence electrons. The Kier molecular flexibility index (Phi) is 7.55. The monoisotopic (exact) mass is 273 g/mol. The normalized spacial score (nSPS) is 11.8. The summed E-state index contributed by atoms with van der Waals surface area (Å²) in [5.41, 5.74) is 0. The van der Waals surface area contributed by atoms with Crippen molar-refractivity contribution in [2.75, 3.05) is 20.1 Å². The summed E-state index contributed by atoms with van der Waals surface area (Å²) < 4.78 is 0. The van der Waals surface area contributed by atoms with Crippen LogP contribution in [0.4, 0.5) is 4.79 Å². The van der Waals surface area contributed by atoms with Gasteiger partial charge in [0.2, 0.25) is 5.91 Å². The highest BCUT2D eigenvalue weighted by Crippen LogP contribution is 2.05. The standard InChI is InChI=1S/C12H23N3O4/c1-5-13-10(16)7-15(4)12(19)14-9(11(17)18)6-8(2)3/h8-9H,5-7H2,1-4H3,(H,13,16)(H,14,19)(H,17,18). The van der Waals surface area contributed by atoms with Crippen molar-refractivity contribution in [3.05, 3.63) is 0 Å². The zero-order valence-electron chi connectivity index (χ0n) is 11.9. The molecule has 0 radical (unpaired) electrons. The molecule has 3 N–H and O–H groups in total. The molecule has 7 nitrogen and oxygen atoms in total. The van der Waals surface area contributed by atoms with Crippen LogP contribution in [0, 0.1) is 5.92 Å². The van der Waals surface area contributed by atoms with Crippen molar-refractivity contribution in [1.29, 1.82) is 0 Å². The molecule has 0 fully saturated rings. The van der Waals surface area contributed by atoms with Gasteiger partial charge in [-0.25, -0.2) is 9.59 Å². The fourth-order valence-corrected chi connectivity index (χ4v) is 1.49. The summed E-state index contributed by atoms with van der Waals surface area (Å²) in [4.78, 5) is 35.2. The quantitative estimate of drug-likeness (QED) is 0.619. The van der Waals surface area contributed by atoms with Crippen molar-refractivity contribution in [1.82, 2.24) is 15.5 Å². The van der Waals surface area contributed by atoms with Crippen molar-refractivity contribution in [3.8, 4) is 0 Å². The summed E-state index contributed by atoms with van der Waals surface area (Å²) in [6.07, 6.45) is 0.343. The number of hydrogen-bond donors (Lipinski definition) is 3. The van der Waals surface area contributed by atoms with E-state index in [2.05, 4.69) is 10.6 Å².